The maximum absolute atomic E-state index is 14.7. The molecule has 0 spiro atoms. The van der Waals surface area contributed by atoms with Crippen molar-refractivity contribution in [2.75, 3.05) is 31.6 Å². The zero-order valence-corrected chi connectivity index (χ0v) is 19.5. The van der Waals surface area contributed by atoms with Gasteiger partial charge < -0.3 is 19.6 Å². The summed E-state index contributed by atoms with van der Waals surface area (Å²) < 4.78 is 20.3. The fourth-order valence-corrected chi connectivity index (χ4v) is 4.92. The molecule has 4 rings (SSSR count). The largest absolute Gasteiger partial charge is 0.507 e. The number of carbonyl (C=O) groups is 1. The molecule has 1 aliphatic rings. The predicted octanol–water partition coefficient (Wildman–Crippen LogP) is 4.94. The number of hydrogen-bond acceptors (Lipinski definition) is 5. The summed E-state index contributed by atoms with van der Waals surface area (Å²) >= 11 is 6.68. The first-order valence-electron chi connectivity index (χ1n) is 10.6. The van der Waals surface area contributed by atoms with E-state index in [0.29, 0.717) is 47.1 Å². The van der Waals surface area contributed by atoms with Crippen molar-refractivity contribution in [1.29, 1.82) is 0 Å². The molecule has 2 heterocycles. The van der Waals surface area contributed by atoms with Gasteiger partial charge >= 0.3 is 0 Å². The first-order valence-corrected chi connectivity index (χ1v) is 11.0. The van der Waals surface area contributed by atoms with Gasteiger partial charge in [0.15, 0.2) is 5.75 Å². The summed E-state index contributed by atoms with van der Waals surface area (Å²) in [5.41, 5.74) is 2.54. The summed E-state index contributed by atoms with van der Waals surface area (Å²) in [7, 11) is 1.58. The number of hydrogen-bond donors (Lipinski definition) is 1. The zero-order chi connectivity index (χ0) is 23.9. The topological polar surface area (TPSA) is 65.9 Å². The second-order valence-electron chi connectivity index (χ2n) is 8.09. The maximum Gasteiger partial charge on any atom is 0.246 e. The SMILES string of the molecule is C=CC(=O)N1CCN(c2c(OC)cnc3c(C)c(-c4c(O)cccc4F)c(Cl)cc23)CC1C. The first kappa shape index (κ1) is 22.9. The number of phenolic OH excluding ortho intramolecular Hbond substituents is 1. The van der Waals surface area contributed by atoms with Gasteiger partial charge in [0.25, 0.3) is 0 Å². The Labute approximate surface area is 196 Å². The number of aromatic hydroxyl groups is 1. The number of aryl methyl sites for hydroxylation is 1. The van der Waals surface area contributed by atoms with Crippen LogP contribution in [-0.2, 0) is 4.79 Å². The first-order chi connectivity index (χ1) is 15.8. The van der Waals surface area contributed by atoms with Crippen LogP contribution >= 0.6 is 11.6 Å². The highest BCUT2D eigenvalue weighted by molar-refractivity contribution is 6.35. The average molecular weight is 470 g/mol. The van der Waals surface area contributed by atoms with Crippen molar-refractivity contribution >= 4 is 34.1 Å². The van der Waals surface area contributed by atoms with Gasteiger partial charge in [-0.15, -0.1) is 0 Å². The molecule has 0 aliphatic carbocycles. The van der Waals surface area contributed by atoms with E-state index in [-0.39, 0.29) is 23.3 Å². The van der Waals surface area contributed by atoms with E-state index in [1.807, 2.05) is 13.8 Å². The van der Waals surface area contributed by atoms with Crippen LogP contribution in [0.3, 0.4) is 0 Å². The van der Waals surface area contributed by atoms with Crippen LogP contribution in [0.5, 0.6) is 11.5 Å². The molecule has 0 radical (unpaired) electrons. The van der Waals surface area contributed by atoms with E-state index in [9.17, 15) is 14.3 Å². The third-order valence-corrected chi connectivity index (χ3v) is 6.46. The molecule has 0 saturated carbocycles. The number of nitrogens with zero attached hydrogens (tertiary/aromatic N) is 3. The molecule has 1 atom stereocenters. The number of ether oxygens (including phenoxy) is 1. The molecule has 0 bridgehead atoms. The van der Waals surface area contributed by atoms with Crippen LogP contribution in [0, 0.1) is 12.7 Å². The Bertz CT molecular complexity index is 1240. The number of benzene rings is 2. The molecule has 1 aliphatic heterocycles. The van der Waals surface area contributed by atoms with Crippen LogP contribution in [0.25, 0.3) is 22.0 Å². The summed E-state index contributed by atoms with van der Waals surface area (Å²) in [6.45, 7) is 9.09. The van der Waals surface area contributed by atoms with Crippen LogP contribution in [0.2, 0.25) is 5.02 Å². The molecule has 33 heavy (non-hydrogen) atoms. The van der Waals surface area contributed by atoms with E-state index in [1.54, 1.807) is 24.3 Å². The van der Waals surface area contributed by atoms with Crippen molar-refractivity contribution in [3.63, 3.8) is 0 Å². The van der Waals surface area contributed by atoms with Crippen LogP contribution in [0.4, 0.5) is 10.1 Å². The van der Waals surface area contributed by atoms with Crippen molar-refractivity contribution < 1.29 is 19.0 Å². The Kier molecular flexibility index (Phi) is 6.17. The number of amides is 1. The van der Waals surface area contributed by atoms with Gasteiger partial charge in [0, 0.05) is 41.6 Å². The van der Waals surface area contributed by atoms with Crippen LogP contribution < -0.4 is 9.64 Å². The smallest absolute Gasteiger partial charge is 0.246 e. The normalized spacial score (nSPS) is 16.2. The Balaban J connectivity index is 1.88. The Morgan fingerprint density at radius 3 is 2.76 bits per heavy atom. The standard InChI is InChI=1S/C25H25ClFN3O3/c1-5-21(32)30-10-9-29(13-14(30)2)25-16-11-17(26)22(23-18(27)7-6-8-19(23)31)15(3)24(16)28-12-20(25)33-4/h5-8,11-12,14,31H,1,9-10,13H2,2-4H3. The summed E-state index contributed by atoms with van der Waals surface area (Å²) in [6, 6.07) is 5.85. The van der Waals surface area contributed by atoms with Gasteiger partial charge in [-0.25, -0.2) is 4.39 Å². The van der Waals surface area contributed by atoms with Gasteiger partial charge in [-0.1, -0.05) is 24.2 Å². The average Bonchev–Trinajstić information content (AvgIpc) is 2.79. The van der Waals surface area contributed by atoms with E-state index >= 15 is 0 Å². The molecule has 6 nitrogen and oxygen atoms in total. The number of fused-ring (bicyclic) bond motifs is 1. The second kappa shape index (κ2) is 8.90. The lowest BCUT2D eigenvalue weighted by Gasteiger charge is -2.41. The molecule has 2 aromatic carbocycles. The number of rotatable bonds is 4. The van der Waals surface area contributed by atoms with Crippen molar-refractivity contribution in [3.05, 3.63) is 59.5 Å². The van der Waals surface area contributed by atoms with Crippen molar-refractivity contribution in [2.45, 2.75) is 19.9 Å². The number of piperazine rings is 1. The lowest BCUT2D eigenvalue weighted by molar-refractivity contribution is -0.128. The van der Waals surface area contributed by atoms with Gasteiger partial charge in [-0.05, 0) is 43.7 Å². The van der Waals surface area contributed by atoms with Crippen LogP contribution in [0.15, 0.2) is 43.1 Å². The van der Waals surface area contributed by atoms with E-state index in [1.165, 1.54) is 24.3 Å². The molecular weight excluding hydrogens is 445 g/mol. The molecule has 1 amide bonds. The van der Waals surface area contributed by atoms with E-state index in [0.717, 1.165) is 11.1 Å². The number of halogens is 2. The van der Waals surface area contributed by atoms with Crippen molar-refractivity contribution in [1.82, 2.24) is 9.88 Å². The molecule has 1 unspecified atom stereocenters. The maximum atomic E-state index is 14.7. The third-order valence-electron chi connectivity index (χ3n) is 6.16. The molecule has 8 heteroatoms. The second-order valence-corrected chi connectivity index (χ2v) is 8.50. The summed E-state index contributed by atoms with van der Waals surface area (Å²) in [5, 5.41) is 11.4. The minimum atomic E-state index is -0.565. The van der Waals surface area contributed by atoms with Gasteiger partial charge in [0.1, 0.15) is 11.6 Å². The number of carbonyl (C=O) groups excluding carboxylic acids is 1. The molecular formula is C25H25ClFN3O3. The summed E-state index contributed by atoms with van der Waals surface area (Å²) in [5.74, 6) is -0.271. The quantitative estimate of drug-likeness (QED) is 0.548. The summed E-state index contributed by atoms with van der Waals surface area (Å²) in [4.78, 5) is 20.7. The number of phenols is 1. The van der Waals surface area contributed by atoms with E-state index < -0.39 is 5.82 Å². The number of methoxy groups -OCH3 is 1. The van der Waals surface area contributed by atoms with Gasteiger partial charge in [-0.2, -0.15) is 0 Å². The molecule has 1 N–H and O–H groups in total. The fraction of sp³-hybridized carbons (Fsp3) is 0.280. The van der Waals surface area contributed by atoms with E-state index in [4.69, 9.17) is 16.3 Å². The van der Waals surface area contributed by atoms with E-state index in [2.05, 4.69) is 16.5 Å². The number of anilines is 1. The van der Waals surface area contributed by atoms with Crippen molar-refractivity contribution in [3.8, 4) is 22.6 Å². The molecule has 172 valence electrons. The lowest BCUT2D eigenvalue weighted by atomic mass is 9.95. The van der Waals surface area contributed by atoms with Gasteiger partial charge in [0.2, 0.25) is 5.91 Å². The molecule has 1 saturated heterocycles. The van der Waals surface area contributed by atoms with Gasteiger partial charge in [0.05, 0.1) is 30.1 Å². The van der Waals surface area contributed by atoms with Crippen LogP contribution in [0.1, 0.15) is 12.5 Å². The Hall–Kier alpha value is -3.32. The highest BCUT2D eigenvalue weighted by Gasteiger charge is 2.30. The predicted molar refractivity (Wildman–Crippen MR) is 129 cm³/mol. The fourth-order valence-electron chi connectivity index (χ4n) is 4.58. The monoisotopic (exact) mass is 469 g/mol. The third kappa shape index (κ3) is 3.86. The molecule has 1 fully saturated rings. The number of pyridine rings is 1. The lowest BCUT2D eigenvalue weighted by Crippen LogP contribution is -2.53. The number of aromatic nitrogens is 1. The minimum absolute atomic E-state index is 0.0385. The van der Waals surface area contributed by atoms with Crippen molar-refractivity contribution in [2.24, 2.45) is 0 Å². The highest BCUT2D eigenvalue weighted by Crippen LogP contribution is 2.45. The zero-order valence-electron chi connectivity index (χ0n) is 18.7. The Morgan fingerprint density at radius 1 is 1.36 bits per heavy atom. The Morgan fingerprint density at radius 2 is 2.12 bits per heavy atom. The molecule has 3 aromatic rings. The minimum Gasteiger partial charge on any atom is -0.507 e. The molecule has 1 aromatic heterocycles. The highest BCUT2D eigenvalue weighted by atomic mass is 35.5. The van der Waals surface area contributed by atoms with Gasteiger partial charge in [-0.3, -0.25) is 9.78 Å². The van der Waals surface area contributed by atoms with Crippen LogP contribution in [-0.4, -0.2) is 53.7 Å². The summed E-state index contributed by atoms with van der Waals surface area (Å²) in [6.07, 6.45) is 2.97.